The number of hydrogen-bond acceptors (Lipinski definition) is 2. The highest BCUT2D eigenvalue weighted by Crippen LogP contribution is 2.18. The molecule has 16 heavy (non-hydrogen) atoms. The van der Waals surface area contributed by atoms with E-state index >= 15 is 0 Å². The van der Waals surface area contributed by atoms with Gasteiger partial charge in [-0.15, -0.1) is 0 Å². The highest BCUT2D eigenvalue weighted by atomic mass is 19.1. The van der Waals surface area contributed by atoms with Crippen LogP contribution in [-0.4, -0.2) is 4.98 Å². The molecule has 0 amide bonds. The van der Waals surface area contributed by atoms with Gasteiger partial charge in [0, 0.05) is 5.56 Å². The molecule has 0 aliphatic carbocycles. The Morgan fingerprint density at radius 2 is 1.81 bits per heavy atom. The maximum absolute atomic E-state index is 12.6. The molecule has 0 saturated carbocycles. The predicted octanol–water partition coefficient (Wildman–Crippen LogP) is 2.61. The molecule has 2 rings (SSSR count). The Bertz CT molecular complexity index is 546. The van der Waals surface area contributed by atoms with Gasteiger partial charge in [-0.1, -0.05) is 0 Å². The molecule has 0 radical (unpaired) electrons. The average molecular weight is 219 g/mol. The summed E-state index contributed by atoms with van der Waals surface area (Å²) in [4.78, 5) is 13.9. The zero-order chi connectivity index (χ0) is 11.5. The summed E-state index contributed by atoms with van der Waals surface area (Å²) < 4.78 is 18.0. The van der Waals surface area contributed by atoms with Crippen molar-refractivity contribution in [3.8, 4) is 11.6 Å². The van der Waals surface area contributed by atoms with Gasteiger partial charge < -0.3 is 4.74 Å². The first-order valence-corrected chi connectivity index (χ1v) is 4.78. The monoisotopic (exact) mass is 219 g/mol. The summed E-state index contributed by atoms with van der Waals surface area (Å²) in [5, 5.41) is 0. The molecular weight excluding hydrogens is 209 g/mol. The molecule has 0 unspecified atom stereocenters. The molecule has 0 saturated heterocycles. The largest absolute Gasteiger partial charge is 0.441 e. The zero-order valence-corrected chi connectivity index (χ0v) is 8.66. The molecule has 2 aromatic rings. The number of hydrogen-bond donors (Lipinski definition) is 1. The number of nitrogens with one attached hydrogen (secondary N) is 1. The number of ether oxygens (including phenoxy) is 1. The normalized spacial score (nSPS) is 10.1. The Hall–Kier alpha value is -2.10. The van der Waals surface area contributed by atoms with Gasteiger partial charge in [0.2, 0.25) is 0 Å². The molecule has 1 aromatic carbocycles. The second kappa shape index (κ2) is 4.18. The van der Waals surface area contributed by atoms with Crippen LogP contribution in [0.3, 0.4) is 0 Å². The summed E-state index contributed by atoms with van der Waals surface area (Å²) in [5.74, 6) is 0.480. The van der Waals surface area contributed by atoms with Crippen LogP contribution in [-0.2, 0) is 0 Å². The predicted molar refractivity (Wildman–Crippen MR) is 58.3 cm³/mol. The second-order valence-electron chi connectivity index (χ2n) is 3.39. The lowest BCUT2D eigenvalue weighted by atomic mass is 10.3. The fourth-order valence-corrected chi connectivity index (χ4v) is 1.22. The van der Waals surface area contributed by atoms with Gasteiger partial charge in [-0.2, -0.15) is 0 Å². The topological polar surface area (TPSA) is 42.1 Å². The van der Waals surface area contributed by atoms with Crippen molar-refractivity contribution in [2.75, 3.05) is 0 Å². The van der Waals surface area contributed by atoms with Crippen molar-refractivity contribution < 1.29 is 9.13 Å². The quantitative estimate of drug-likeness (QED) is 0.843. The molecule has 1 N–H and O–H groups in total. The number of pyridine rings is 1. The molecule has 4 heteroatoms. The van der Waals surface area contributed by atoms with Gasteiger partial charge in [-0.05, 0) is 43.3 Å². The minimum Gasteiger partial charge on any atom is -0.441 e. The van der Waals surface area contributed by atoms with E-state index in [0.717, 1.165) is 0 Å². The van der Waals surface area contributed by atoms with Gasteiger partial charge in [-0.25, -0.2) is 4.39 Å². The van der Waals surface area contributed by atoms with Crippen molar-refractivity contribution in [1.29, 1.82) is 0 Å². The van der Waals surface area contributed by atoms with E-state index in [4.69, 9.17) is 4.74 Å². The molecular formula is C12H10FNO2. The Morgan fingerprint density at radius 3 is 2.44 bits per heavy atom. The number of rotatable bonds is 2. The van der Waals surface area contributed by atoms with E-state index in [1.807, 2.05) is 0 Å². The van der Waals surface area contributed by atoms with Crippen molar-refractivity contribution in [1.82, 2.24) is 4.98 Å². The van der Waals surface area contributed by atoms with Crippen molar-refractivity contribution in [3.05, 3.63) is 58.1 Å². The first-order valence-electron chi connectivity index (χ1n) is 4.78. The third-order valence-electron chi connectivity index (χ3n) is 2.12. The molecule has 1 heterocycles. The number of benzene rings is 1. The van der Waals surface area contributed by atoms with E-state index in [0.29, 0.717) is 17.2 Å². The SMILES string of the molecule is Cc1ccc(Oc2ccc(F)cc2)[nH]c1=O. The van der Waals surface area contributed by atoms with E-state index < -0.39 is 0 Å². The zero-order valence-electron chi connectivity index (χ0n) is 8.66. The summed E-state index contributed by atoms with van der Waals surface area (Å²) in [5.41, 5.74) is 0.422. The molecule has 3 nitrogen and oxygen atoms in total. The molecule has 82 valence electrons. The summed E-state index contributed by atoms with van der Waals surface area (Å²) in [6.45, 7) is 1.71. The summed E-state index contributed by atoms with van der Waals surface area (Å²) in [6.07, 6.45) is 0. The smallest absolute Gasteiger partial charge is 0.253 e. The van der Waals surface area contributed by atoms with E-state index in [9.17, 15) is 9.18 Å². The van der Waals surface area contributed by atoms with Crippen molar-refractivity contribution in [2.45, 2.75) is 6.92 Å². The van der Waals surface area contributed by atoms with Crippen LogP contribution < -0.4 is 10.3 Å². The first-order chi connectivity index (χ1) is 7.65. The van der Waals surface area contributed by atoms with Crippen molar-refractivity contribution in [3.63, 3.8) is 0 Å². The fourth-order valence-electron chi connectivity index (χ4n) is 1.22. The van der Waals surface area contributed by atoms with Crippen LogP contribution in [0.5, 0.6) is 11.6 Å². The highest BCUT2D eigenvalue weighted by molar-refractivity contribution is 5.27. The minimum atomic E-state index is -0.329. The molecule has 0 atom stereocenters. The lowest BCUT2D eigenvalue weighted by Crippen LogP contribution is -2.09. The van der Waals surface area contributed by atoms with Gasteiger partial charge in [0.15, 0.2) is 5.88 Å². The minimum absolute atomic E-state index is 0.195. The maximum atomic E-state index is 12.6. The van der Waals surface area contributed by atoms with Gasteiger partial charge in [0.05, 0.1) is 0 Å². The van der Waals surface area contributed by atoms with Crippen molar-refractivity contribution in [2.24, 2.45) is 0 Å². The average Bonchev–Trinajstić information content (AvgIpc) is 2.27. The molecule has 0 bridgehead atoms. The Kier molecular flexibility index (Phi) is 2.72. The maximum Gasteiger partial charge on any atom is 0.253 e. The van der Waals surface area contributed by atoms with E-state index in [-0.39, 0.29) is 11.4 Å². The van der Waals surface area contributed by atoms with Crippen LogP contribution in [0.2, 0.25) is 0 Å². The highest BCUT2D eigenvalue weighted by Gasteiger charge is 1.99. The third-order valence-corrected chi connectivity index (χ3v) is 2.12. The van der Waals surface area contributed by atoms with Crippen molar-refractivity contribution >= 4 is 0 Å². The van der Waals surface area contributed by atoms with Crippen LogP contribution in [0.4, 0.5) is 4.39 Å². The molecule has 0 aliphatic heterocycles. The second-order valence-corrected chi connectivity index (χ2v) is 3.39. The molecule has 0 aliphatic rings. The number of halogens is 1. The lowest BCUT2D eigenvalue weighted by Gasteiger charge is -2.04. The lowest BCUT2D eigenvalue weighted by molar-refractivity contribution is 0.459. The van der Waals surface area contributed by atoms with Gasteiger partial charge >= 0.3 is 0 Å². The third kappa shape index (κ3) is 2.28. The van der Waals surface area contributed by atoms with E-state index in [1.54, 1.807) is 19.1 Å². The fraction of sp³-hybridized carbons (Fsp3) is 0.0833. The first kappa shape index (κ1) is 10.4. The molecule has 1 aromatic heterocycles. The standard InChI is InChI=1S/C12H10FNO2/c1-8-2-7-11(14-12(8)15)16-10-5-3-9(13)4-6-10/h2-7H,1H3,(H,14,15). The van der Waals surface area contributed by atoms with Gasteiger partial charge in [-0.3, -0.25) is 9.78 Å². The van der Waals surface area contributed by atoms with Crippen LogP contribution in [0.15, 0.2) is 41.2 Å². The number of aryl methyl sites for hydroxylation is 1. The van der Waals surface area contributed by atoms with Crippen LogP contribution in [0, 0.1) is 12.7 Å². The molecule has 0 fully saturated rings. The summed E-state index contributed by atoms with van der Waals surface area (Å²) >= 11 is 0. The number of H-pyrrole nitrogens is 1. The van der Waals surface area contributed by atoms with E-state index in [2.05, 4.69) is 4.98 Å². The Morgan fingerprint density at radius 1 is 1.12 bits per heavy atom. The number of aromatic nitrogens is 1. The van der Waals surface area contributed by atoms with Crippen LogP contribution >= 0.6 is 0 Å². The van der Waals surface area contributed by atoms with Crippen LogP contribution in [0.1, 0.15) is 5.56 Å². The Balaban J connectivity index is 2.24. The summed E-state index contributed by atoms with van der Waals surface area (Å²) in [7, 11) is 0. The summed E-state index contributed by atoms with van der Waals surface area (Å²) in [6, 6.07) is 8.89. The van der Waals surface area contributed by atoms with Gasteiger partial charge in [0.25, 0.3) is 5.56 Å². The van der Waals surface area contributed by atoms with E-state index in [1.165, 1.54) is 24.3 Å². The Labute approximate surface area is 91.5 Å². The number of aromatic amines is 1. The van der Waals surface area contributed by atoms with Crippen LogP contribution in [0.25, 0.3) is 0 Å². The van der Waals surface area contributed by atoms with Gasteiger partial charge in [0.1, 0.15) is 11.6 Å². The molecule has 0 spiro atoms.